The molecule has 0 radical (unpaired) electrons. The van der Waals surface area contributed by atoms with Crippen molar-refractivity contribution in [2.75, 3.05) is 19.6 Å². The summed E-state index contributed by atoms with van der Waals surface area (Å²) >= 11 is 0. The lowest BCUT2D eigenvalue weighted by molar-refractivity contribution is -0.134. The zero-order chi connectivity index (χ0) is 24.1. The minimum Gasteiger partial charge on any atom is -0.444 e. The van der Waals surface area contributed by atoms with Crippen LogP contribution in [0.5, 0.6) is 0 Å². The molecule has 3 amide bonds. The molecule has 1 aromatic rings. The summed E-state index contributed by atoms with van der Waals surface area (Å²) in [6.45, 7) is 10.4. The Bertz CT molecular complexity index is 982. The molecule has 3 aliphatic heterocycles. The number of hydrogen-bond donors (Lipinski definition) is 1. The fourth-order valence-corrected chi connectivity index (χ4v) is 6.40. The SMILES string of the molecule is CC(C)(C)OC(=O)N1CCC2(CC1)CC(CN1Cc3ccc(C4CCC(=O)NC4=O)cc3C1)C2. The third-order valence-electron chi connectivity index (χ3n) is 8.10. The van der Waals surface area contributed by atoms with Crippen LogP contribution in [0.3, 0.4) is 0 Å². The normalized spacial score (nSPS) is 25.1. The van der Waals surface area contributed by atoms with Gasteiger partial charge in [0.1, 0.15) is 5.60 Å². The van der Waals surface area contributed by atoms with Crippen LogP contribution < -0.4 is 5.32 Å². The van der Waals surface area contributed by atoms with Crippen LogP contribution in [-0.4, -0.2) is 52.9 Å². The quantitative estimate of drug-likeness (QED) is 0.681. The number of carbonyl (C=O) groups is 3. The van der Waals surface area contributed by atoms with E-state index in [0.29, 0.717) is 18.3 Å². The van der Waals surface area contributed by atoms with Gasteiger partial charge in [-0.1, -0.05) is 18.2 Å². The molecule has 3 heterocycles. The highest BCUT2D eigenvalue weighted by Gasteiger charge is 2.47. The highest BCUT2D eigenvalue weighted by Crippen LogP contribution is 2.53. The first-order chi connectivity index (χ1) is 16.1. The number of benzene rings is 1. The Morgan fingerprint density at radius 2 is 1.82 bits per heavy atom. The van der Waals surface area contributed by atoms with Crippen molar-refractivity contribution in [3.8, 4) is 0 Å². The largest absolute Gasteiger partial charge is 0.444 e. The molecule has 4 aliphatic rings. The smallest absolute Gasteiger partial charge is 0.410 e. The Morgan fingerprint density at radius 3 is 2.50 bits per heavy atom. The molecule has 1 unspecified atom stereocenters. The Hall–Kier alpha value is -2.41. The molecule has 5 rings (SSSR count). The molecule has 0 aromatic heterocycles. The zero-order valence-electron chi connectivity index (χ0n) is 20.7. The van der Waals surface area contributed by atoms with Gasteiger partial charge in [-0.25, -0.2) is 4.79 Å². The lowest BCUT2D eigenvalue weighted by Crippen LogP contribution is -2.51. The van der Waals surface area contributed by atoms with Crippen LogP contribution in [0.4, 0.5) is 4.79 Å². The van der Waals surface area contributed by atoms with Crippen LogP contribution in [0.15, 0.2) is 18.2 Å². The molecule has 1 saturated carbocycles. The number of imide groups is 1. The Balaban J connectivity index is 1.10. The monoisotopic (exact) mass is 467 g/mol. The van der Waals surface area contributed by atoms with Crippen molar-refractivity contribution >= 4 is 17.9 Å². The number of ether oxygens (including phenoxy) is 1. The minimum atomic E-state index is -0.441. The number of fused-ring (bicyclic) bond motifs is 1. The van der Waals surface area contributed by atoms with Gasteiger partial charge in [0.15, 0.2) is 0 Å². The van der Waals surface area contributed by atoms with Crippen LogP contribution in [-0.2, 0) is 27.4 Å². The Labute approximate surface area is 202 Å². The van der Waals surface area contributed by atoms with E-state index in [0.717, 1.165) is 57.0 Å². The van der Waals surface area contributed by atoms with Crippen LogP contribution in [0.25, 0.3) is 0 Å². The van der Waals surface area contributed by atoms with E-state index in [1.54, 1.807) is 0 Å². The van der Waals surface area contributed by atoms with Gasteiger partial charge in [0.05, 0.1) is 5.92 Å². The predicted molar refractivity (Wildman–Crippen MR) is 128 cm³/mol. The van der Waals surface area contributed by atoms with Gasteiger partial charge in [-0.2, -0.15) is 0 Å². The molecule has 34 heavy (non-hydrogen) atoms. The molecule has 184 valence electrons. The van der Waals surface area contributed by atoms with E-state index in [2.05, 4.69) is 28.4 Å². The third-order valence-corrected chi connectivity index (χ3v) is 8.10. The lowest BCUT2D eigenvalue weighted by Gasteiger charge is -2.53. The summed E-state index contributed by atoms with van der Waals surface area (Å²) in [5.74, 6) is 0.179. The van der Waals surface area contributed by atoms with Crippen molar-refractivity contribution < 1.29 is 19.1 Å². The van der Waals surface area contributed by atoms with Gasteiger partial charge in [-0.15, -0.1) is 0 Å². The van der Waals surface area contributed by atoms with Crippen molar-refractivity contribution in [3.63, 3.8) is 0 Å². The molecular weight excluding hydrogens is 430 g/mol. The van der Waals surface area contributed by atoms with E-state index in [4.69, 9.17) is 4.74 Å². The Kier molecular flexibility index (Phi) is 5.95. The second-order valence-corrected chi connectivity index (χ2v) is 11.9. The maximum atomic E-state index is 12.4. The molecule has 1 aliphatic carbocycles. The molecule has 3 fully saturated rings. The van der Waals surface area contributed by atoms with Gasteiger partial charge in [0.25, 0.3) is 0 Å². The van der Waals surface area contributed by atoms with E-state index in [1.165, 1.54) is 24.0 Å². The second-order valence-electron chi connectivity index (χ2n) is 11.9. The zero-order valence-corrected chi connectivity index (χ0v) is 20.7. The standard InChI is InChI=1S/C27H37N3O4/c1-26(2,3)34-25(33)30-10-8-27(9-11-30)13-18(14-27)15-29-16-20-5-4-19(12-21(20)17-29)22-6-7-23(31)28-24(22)32/h4-5,12,18,22H,6-11,13-17H2,1-3H3,(H,28,31,32). The Morgan fingerprint density at radius 1 is 1.12 bits per heavy atom. The van der Waals surface area contributed by atoms with E-state index in [1.807, 2.05) is 25.7 Å². The average molecular weight is 468 g/mol. The van der Waals surface area contributed by atoms with Gasteiger partial charge >= 0.3 is 6.09 Å². The highest BCUT2D eigenvalue weighted by atomic mass is 16.6. The van der Waals surface area contributed by atoms with Gasteiger partial charge in [0, 0.05) is 39.1 Å². The van der Waals surface area contributed by atoms with E-state index < -0.39 is 5.60 Å². The van der Waals surface area contributed by atoms with Crippen LogP contribution in [0.2, 0.25) is 0 Å². The number of amides is 3. The summed E-state index contributed by atoms with van der Waals surface area (Å²) < 4.78 is 5.54. The number of nitrogens with one attached hydrogen (secondary N) is 1. The van der Waals surface area contributed by atoms with Crippen molar-refractivity contribution in [1.82, 2.24) is 15.1 Å². The van der Waals surface area contributed by atoms with Crippen LogP contribution in [0.1, 0.15) is 81.9 Å². The number of likely N-dealkylation sites (tertiary alicyclic amines) is 1. The van der Waals surface area contributed by atoms with E-state index in [-0.39, 0.29) is 23.8 Å². The number of hydrogen-bond acceptors (Lipinski definition) is 5. The molecule has 0 bridgehead atoms. The van der Waals surface area contributed by atoms with Gasteiger partial charge in [-0.3, -0.25) is 19.8 Å². The van der Waals surface area contributed by atoms with Crippen LogP contribution >= 0.6 is 0 Å². The van der Waals surface area contributed by atoms with Crippen molar-refractivity contribution in [2.45, 2.75) is 83.9 Å². The highest BCUT2D eigenvalue weighted by molar-refractivity contribution is 6.00. The number of nitrogens with zero attached hydrogens (tertiary/aromatic N) is 2. The lowest BCUT2D eigenvalue weighted by atomic mass is 9.57. The summed E-state index contributed by atoms with van der Waals surface area (Å²) in [5, 5.41) is 2.48. The first-order valence-corrected chi connectivity index (χ1v) is 12.7. The summed E-state index contributed by atoms with van der Waals surface area (Å²) in [7, 11) is 0. The fraction of sp³-hybridized carbons (Fsp3) is 0.667. The van der Waals surface area contributed by atoms with E-state index >= 15 is 0 Å². The average Bonchev–Trinajstić information content (AvgIpc) is 3.13. The van der Waals surface area contributed by atoms with Crippen molar-refractivity contribution in [2.24, 2.45) is 11.3 Å². The maximum absolute atomic E-state index is 12.4. The summed E-state index contributed by atoms with van der Waals surface area (Å²) in [5.41, 5.74) is 3.68. The second kappa shape index (κ2) is 8.67. The maximum Gasteiger partial charge on any atom is 0.410 e. The fourth-order valence-electron chi connectivity index (χ4n) is 6.40. The molecule has 7 heteroatoms. The first-order valence-electron chi connectivity index (χ1n) is 12.7. The summed E-state index contributed by atoms with van der Waals surface area (Å²) in [6.07, 6.45) is 5.51. The molecule has 2 saturated heterocycles. The summed E-state index contributed by atoms with van der Waals surface area (Å²) in [4.78, 5) is 40.5. The molecule has 7 nitrogen and oxygen atoms in total. The molecular formula is C27H37N3O4. The number of rotatable bonds is 3. The first kappa shape index (κ1) is 23.3. The topological polar surface area (TPSA) is 79.0 Å². The third kappa shape index (κ3) is 4.85. The molecule has 1 spiro atoms. The molecule has 1 atom stereocenters. The number of piperidine rings is 2. The van der Waals surface area contributed by atoms with Gasteiger partial charge in [0.2, 0.25) is 11.8 Å². The summed E-state index contributed by atoms with van der Waals surface area (Å²) in [6, 6.07) is 6.42. The minimum absolute atomic E-state index is 0.163. The van der Waals surface area contributed by atoms with Crippen molar-refractivity contribution in [1.29, 1.82) is 0 Å². The van der Waals surface area contributed by atoms with Gasteiger partial charge in [-0.05, 0) is 80.9 Å². The van der Waals surface area contributed by atoms with E-state index in [9.17, 15) is 14.4 Å². The van der Waals surface area contributed by atoms with Gasteiger partial charge < -0.3 is 9.64 Å². The van der Waals surface area contributed by atoms with Crippen LogP contribution in [0, 0.1) is 11.3 Å². The predicted octanol–water partition coefficient (Wildman–Crippen LogP) is 3.95. The van der Waals surface area contributed by atoms with Crippen molar-refractivity contribution in [3.05, 3.63) is 34.9 Å². The molecule has 1 N–H and O–H groups in total. The number of carbonyl (C=O) groups excluding carboxylic acids is 3. The molecule has 1 aromatic carbocycles.